The number of aliphatic hydroxyl groups is 1. The molecule has 2 aliphatic rings. The van der Waals surface area contributed by atoms with Crippen LogP contribution in [0.1, 0.15) is 28.4 Å². The molecule has 5 rings (SSSR count). The molecular weight excluding hydrogens is 486 g/mol. The number of hydrogen-bond acceptors (Lipinski definition) is 4. The summed E-state index contributed by atoms with van der Waals surface area (Å²) >= 11 is 5.96. The zero-order chi connectivity index (χ0) is 26.0. The molecule has 2 atom stereocenters. The molecule has 7 heteroatoms. The lowest BCUT2D eigenvalue weighted by molar-refractivity contribution is -0.134. The fourth-order valence-electron chi connectivity index (χ4n) is 5.60. The molecule has 2 amide bonds. The van der Waals surface area contributed by atoms with E-state index in [0.717, 1.165) is 11.1 Å². The monoisotopic (exact) mass is 517 g/mol. The molecule has 2 heterocycles. The number of benzene rings is 3. The van der Waals surface area contributed by atoms with E-state index < -0.39 is 11.5 Å². The number of hydrogen-bond donors (Lipinski definition) is 1. The minimum atomic E-state index is -0.860. The normalized spacial score (nSPS) is 20.7. The van der Waals surface area contributed by atoms with E-state index in [2.05, 4.69) is 4.90 Å². The van der Waals surface area contributed by atoms with Gasteiger partial charge in [-0.15, -0.1) is 0 Å². The summed E-state index contributed by atoms with van der Waals surface area (Å²) in [6.07, 6.45) is -0.640. The Balaban J connectivity index is 1.28. The molecule has 3 aromatic carbocycles. The second-order valence-corrected chi connectivity index (χ2v) is 10.5. The van der Waals surface area contributed by atoms with Crippen molar-refractivity contribution in [1.29, 1.82) is 0 Å². The number of rotatable bonds is 5. The van der Waals surface area contributed by atoms with Crippen LogP contribution in [0.5, 0.6) is 0 Å². The van der Waals surface area contributed by atoms with Crippen LogP contribution in [0.25, 0.3) is 0 Å². The van der Waals surface area contributed by atoms with Crippen molar-refractivity contribution in [3.05, 3.63) is 107 Å². The van der Waals surface area contributed by atoms with Gasteiger partial charge in [0, 0.05) is 49.9 Å². The zero-order valence-electron chi connectivity index (χ0n) is 21.0. The summed E-state index contributed by atoms with van der Waals surface area (Å²) in [7, 11) is 0. The van der Waals surface area contributed by atoms with Crippen LogP contribution >= 0.6 is 11.6 Å². The number of piperazine rings is 1. The molecule has 2 unspecified atom stereocenters. The molecule has 2 aliphatic heterocycles. The summed E-state index contributed by atoms with van der Waals surface area (Å²) in [6.45, 7) is 5.17. The van der Waals surface area contributed by atoms with E-state index in [1.165, 1.54) is 0 Å². The highest BCUT2D eigenvalue weighted by Gasteiger charge is 2.46. The standard InChI is InChI=1S/C30H32ClN3O3/c1-30(23-8-4-2-5-9-23,24-10-6-3-7-11-24)29(37)34-20-26(27(35)21-34)32-16-18-33(19-17-32)28(36)22-12-14-25(31)15-13-22/h2-15,26-27,35H,16-21H2,1H3. The summed E-state index contributed by atoms with van der Waals surface area (Å²) in [4.78, 5) is 32.8. The maximum Gasteiger partial charge on any atom is 0.253 e. The summed E-state index contributed by atoms with van der Waals surface area (Å²) in [5, 5.41) is 11.6. The van der Waals surface area contributed by atoms with Crippen LogP contribution in [0.15, 0.2) is 84.9 Å². The first-order valence-electron chi connectivity index (χ1n) is 12.8. The van der Waals surface area contributed by atoms with E-state index in [4.69, 9.17) is 11.6 Å². The minimum absolute atomic E-state index is 0.0111. The lowest BCUT2D eigenvalue weighted by atomic mass is 9.75. The van der Waals surface area contributed by atoms with Gasteiger partial charge in [0.25, 0.3) is 5.91 Å². The van der Waals surface area contributed by atoms with Gasteiger partial charge in [-0.05, 0) is 42.3 Å². The predicted molar refractivity (Wildman–Crippen MR) is 145 cm³/mol. The van der Waals surface area contributed by atoms with E-state index in [0.29, 0.717) is 49.9 Å². The van der Waals surface area contributed by atoms with Crippen molar-refractivity contribution in [2.45, 2.75) is 24.5 Å². The first-order chi connectivity index (χ1) is 17.9. The number of nitrogens with zero attached hydrogens (tertiary/aromatic N) is 3. The number of carbonyl (C=O) groups is 2. The molecule has 192 valence electrons. The third kappa shape index (κ3) is 5.01. The number of halogens is 1. The van der Waals surface area contributed by atoms with E-state index in [1.807, 2.05) is 72.5 Å². The van der Waals surface area contributed by atoms with Crippen LogP contribution < -0.4 is 0 Å². The topological polar surface area (TPSA) is 64.1 Å². The molecule has 0 spiro atoms. The highest BCUT2D eigenvalue weighted by Crippen LogP contribution is 2.35. The average Bonchev–Trinajstić information content (AvgIpc) is 3.34. The maximum absolute atomic E-state index is 14.1. The summed E-state index contributed by atoms with van der Waals surface area (Å²) in [5.74, 6) is -0.0235. The van der Waals surface area contributed by atoms with Gasteiger partial charge in [-0.25, -0.2) is 0 Å². The quantitative estimate of drug-likeness (QED) is 0.561. The summed E-state index contributed by atoms with van der Waals surface area (Å²) < 4.78 is 0. The van der Waals surface area contributed by atoms with Gasteiger partial charge in [0.2, 0.25) is 5.91 Å². The highest BCUT2D eigenvalue weighted by molar-refractivity contribution is 6.30. The van der Waals surface area contributed by atoms with Crippen LogP contribution in [0.2, 0.25) is 5.02 Å². The number of aliphatic hydroxyl groups excluding tert-OH is 1. The Morgan fingerprint density at radius 2 is 1.32 bits per heavy atom. The van der Waals surface area contributed by atoms with Crippen LogP contribution in [-0.2, 0) is 10.2 Å². The van der Waals surface area contributed by atoms with Crippen molar-refractivity contribution in [2.24, 2.45) is 0 Å². The maximum atomic E-state index is 14.1. The van der Waals surface area contributed by atoms with Gasteiger partial charge in [-0.1, -0.05) is 72.3 Å². The zero-order valence-corrected chi connectivity index (χ0v) is 21.7. The van der Waals surface area contributed by atoms with Crippen molar-refractivity contribution in [1.82, 2.24) is 14.7 Å². The van der Waals surface area contributed by atoms with Crippen LogP contribution in [0.3, 0.4) is 0 Å². The van der Waals surface area contributed by atoms with Crippen molar-refractivity contribution < 1.29 is 14.7 Å². The first-order valence-corrected chi connectivity index (χ1v) is 13.1. The van der Waals surface area contributed by atoms with Crippen LogP contribution in [0, 0.1) is 0 Å². The van der Waals surface area contributed by atoms with Gasteiger partial charge in [0.15, 0.2) is 0 Å². The van der Waals surface area contributed by atoms with Gasteiger partial charge in [-0.2, -0.15) is 0 Å². The van der Waals surface area contributed by atoms with Crippen LogP contribution in [0.4, 0.5) is 0 Å². The summed E-state index contributed by atoms with van der Waals surface area (Å²) in [5.41, 5.74) is 1.62. The predicted octanol–water partition coefficient (Wildman–Crippen LogP) is 3.68. The summed E-state index contributed by atoms with van der Waals surface area (Å²) in [6, 6.07) is 26.5. The van der Waals surface area contributed by atoms with Gasteiger partial charge in [0.1, 0.15) is 0 Å². The number of β-amino-alcohol motifs (C(OH)–C–C–N with tert-alkyl or cyclic N) is 1. The van der Waals surface area contributed by atoms with E-state index in [9.17, 15) is 14.7 Å². The van der Waals surface area contributed by atoms with Crippen molar-refractivity contribution in [2.75, 3.05) is 39.3 Å². The van der Waals surface area contributed by atoms with Crippen molar-refractivity contribution in [3.63, 3.8) is 0 Å². The molecule has 0 saturated carbocycles. The Morgan fingerprint density at radius 3 is 1.86 bits per heavy atom. The van der Waals surface area contributed by atoms with Gasteiger partial charge in [0.05, 0.1) is 17.6 Å². The molecule has 2 saturated heterocycles. The Bertz CT molecular complexity index is 1190. The highest BCUT2D eigenvalue weighted by atomic mass is 35.5. The Kier molecular flexibility index (Phi) is 7.33. The fourth-order valence-corrected chi connectivity index (χ4v) is 5.72. The third-order valence-electron chi connectivity index (χ3n) is 7.84. The Hall–Kier alpha value is -3.19. The molecule has 0 bridgehead atoms. The fraction of sp³-hybridized carbons (Fsp3) is 0.333. The molecule has 0 radical (unpaired) electrons. The Morgan fingerprint density at radius 1 is 0.784 bits per heavy atom. The van der Waals surface area contributed by atoms with Gasteiger partial charge < -0.3 is 14.9 Å². The molecule has 0 aliphatic carbocycles. The molecule has 3 aromatic rings. The average molecular weight is 518 g/mol. The molecule has 6 nitrogen and oxygen atoms in total. The SMILES string of the molecule is CC(C(=O)N1CC(O)C(N2CCN(C(=O)c3ccc(Cl)cc3)CC2)C1)(c1ccccc1)c1ccccc1. The van der Waals surface area contributed by atoms with E-state index >= 15 is 0 Å². The van der Waals surface area contributed by atoms with Crippen LogP contribution in [-0.4, -0.2) is 83.0 Å². The lowest BCUT2D eigenvalue weighted by Crippen LogP contribution is -2.55. The number of amides is 2. The second-order valence-electron chi connectivity index (χ2n) is 10.0. The van der Waals surface area contributed by atoms with Crippen molar-refractivity contribution in [3.8, 4) is 0 Å². The molecular formula is C30H32ClN3O3. The van der Waals surface area contributed by atoms with E-state index in [-0.39, 0.29) is 17.9 Å². The third-order valence-corrected chi connectivity index (χ3v) is 8.09. The molecule has 1 N–H and O–H groups in total. The number of likely N-dealkylation sites (tertiary alicyclic amines) is 1. The van der Waals surface area contributed by atoms with Crippen molar-refractivity contribution >= 4 is 23.4 Å². The first kappa shape index (κ1) is 25.5. The van der Waals surface area contributed by atoms with E-state index in [1.54, 1.807) is 29.2 Å². The molecule has 0 aromatic heterocycles. The lowest BCUT2D eigenvalue weighted by Gasteiger charge is -2.39. The minimum Gasteiger partial charge on any atom is -0.390 e. The number of carbonyl (C=O) groups excluding carboxylic acids is 2. The Labute approximate surface area is 223 Å². The van der Waals surface area contributed by atoms with Gasteiger partial charge >= 0.3 is 0 Å². The molecule has 2 fully saturated rings. The largest absolute Gasteiger partial charge is 0.390 e. The van der Waals surface area contributed by atoms with Gasteiger partial charge in [-0.3, -0.25) is 14.5 Å². The smallest absolute Gasteiger partial charge is 0.253 e. The second kappa shape index (κ2) is 10.7. The molecule has 37 heavy (non-hydrogen) atoms.